The van der Waals surface area contributed by atoms with Gasteiger partial charge in [0, 0.05) is 25.6 Å². The number of morpholine rings is 1. The van der Waals surface area contributed by atoms with E-state index in [0.717, 1.165) is 12.0 Å². The normalized spacial score (nSPS) is 17.4. The largest absolute Gasteiger partial charge is 0.379 e. The Morgan fingerprint density at radius 2 is 1.88 bits per heavy atom. The smallest absolute Gasteiger partial charge is 0.243 e. The van der Waals surface area contributed by atoms with Gasteiger partial charge in [0.25, 0.3) is 0 Å². The van der Waals surface area contributed by atoms with E-state index < -0.39 is 10.0 Å². The molecule has 0 bridgehead atoms. The Morgan fingerprint density at radius 1 is 1.25 bits per heavy atom. The predicted molar refractivity (Wildman–Crippen MR) is 92.2 cm³/mol. The molecule has 1 aliphatic rings. The lowest BCUT2D eigenvalue weighted by molar-refractivity contribution is -0.121. The SMILES string of the molecule is CCC(C)NC(=O)CCc1ccc(S(=O)(=O)N2CCOCC2)cc1. The predicted octanol–water partition coefficient (Wildman–Crippen LogP) is 1.55. The second-order valence-corrected chi connectivity index (χ2v) is 7.98. The molecule has 2 rings (SSSR count). The summed E-state index contributed by atoms with van der Waals surface area (Å²) in [7, 11) is -3.46. The number of rotatable bonds is 7. The minimum absolute atomic E-state index is 0.0226. The van der Waals surface area contributed by atoms with Crippen LogP contribution in [-0.2, 0) is 26.0 Å². The summed E-state index contributed by atoms with van der Waals surface area (Å²) in [5.41, 5.74) is 0.954. The van der Waals surface area contributed by atoms with E-state index in [1.807, 2.05) is 13.8 Å². The number of hydrogen-bond acceptors (Lipinski definition) is 4. The molecule has 0 spiro atoms. The number of hydrogen-bond donors (Lipinski definition) is 1. The zero-order chi connectivity index (χ0) is 17.6. The van der Waals surface area contributed by atoms with Gasteiger partial charge in [-0.05, 0) is 37.5 Å². The summed E-state index contributed by atoms with van der Waals surface area (Å²) in [5, 5.41) is 2.93. The summed E-state index contributed by atoms with van der Waals surface area (Å²) in [6.45, 7) is 5.65. The van der Waals surface area contributed by atoms with Crippen molar-refractivity contribution in [1.82, 2.24) is 9.62 Å². The molecule has 1 aliphatic heterocycles. The lowest BCUT2D eigenvalue weighted by Gasteiger charge is -2.26. The summed E-state index contributed by atoms with van der Waals surface area (Å²) < 4.78 is 31.7. The molecule has 1 atom stereocenters. The van der Waals surface area contributed by atoms with Gasteiger partial charge in [0.05, 0.1) is 18.1 Å². The van der Waals surface area contributed by atoms with Crippen molar-refractivity contribution in [3.63, 3.8) is 0 Å². The summed E-state index contributed by atoms with van der Waals surface area (Å²) >= 11 is 0. The third-order valence-electron chi connectivity index (χ3n) is 4.19. The monoisotopic (exact) mass is 354 g/mol. The van der Waals surface area contributed by atoms with Gasteiger partial charge in [-0.2, -0.15) is 4.31 Å². The van der Waals surface area contributed by atoms with Gasteiger partial charge in [-0.3, -0.25) is 4.79 Å². The number of aryl methyl sites for hydroxylation is 1. The molecule has 0 aromatic heterocycles. The summed E-state index contributed by atoms with van der Waals surface area (Å²) in [6, 6.07) is 6.98. The van der Waals surface area contributed by atoms with Crippen LogP contribution < -0.4 is 5.32 Å². The van der Waals surface area contributed by atoms with E-state index >= 15 is 0 Å². The third-order valence-corrected chi connectivity index (χ3v) is 6.10. The van der Waals surface area contributed by atoms with Crippen LogP contribution >= 0.6 is 0 Å². The summed E-state index contributed by atoms with van der Waals surface area (Å²) in [4.78, 5) is 12.1. The number of sulfonamides is 1. The number of carbonyl (C=O) groups is 1. The van der Waals surface area contributed by atoms with Crippen molar-refractivity contribution >= 4 is 15.9 Å². The van der Waals surface area contributed by atoms with Gasteiger partial charge in [-0.25, -0.2) is 8.42 Å². The molecule has 7 heteroatoms. The molecule has 1 fully saturated rings. The minimum Gasteiger partial charge on any atom is -0.379 e. The van der Waals surface area contributed by atoms with E-state index in [-0.39, 0.29) is 16.8 Å². The maximum atomic E-state index is 12.5. The highest BCUT2D eigenvalue weighted by atomic mass is 32.2. The number of carbonyl (C=O) groups excluding carboxylic acids is 1. The van der Waals surface area contributed by atoms with Crippen LogP contribution in [0, 0.1) is 0 Å². The van der Waals surface area contributed by atoms with Crippen LogP contribution in [0.25, 0.3) is 0 Å². The van der Waals surface area contributed by atoms with Gasteiger partial charge in [0.15, 0.2) is 0 Å². The standard InChI is InChI=1S/C17H26N2O4S/c1-3-14(2)18-17(20)9-6-15-4-7-16(8-5-15)24(21,22)19-10-12-23-13-11-19/h4-5,7-8,14H,3,6,9-13H2,1-2H3,(H,18,20). The first kappa shape index (κ1) is 18.9. The maximum Gasteiger partial charge on any atom is 0.243 e. The van der Waals surface area contributed by atoms with E-state index in [0.29, 0.717) is 39.1 Å². The first-order chi connectivity index (χ1) is 11.4. The number of nitrogens with one attached hydrogen (secondary N) is 1. The second-order valence-electron chi connectivity index (χ2n) is 6.04. The van der Waals surface area contributed by atoms with Gasteiger partial charge in [-0.15, -0.1) is 0 Å². The molecule has 24 heavy (non-hydrogen) atoms. The van der Waals surface area contributed by atoms with Crippen molar-refractivity contribution in [1.29, 1.82) is 0 Å². The quantitative estimate of drug-likeness (QED) is 0.806. The van der Waals surface area contributed by atoms with Gasteiger partial charge >= 0.3 is 0 Å². The first-order valence-electron chi connectivity index (χ1n) is 8.39. The molecule has 1 aromatic carbocycles. The van der Waals surface area contributed by atoms with Gasteiger partial charge in [0.1, 0.15) is 0 Å². The molecule has 1 saturated heterocycles. The summed E-state index contributed by atoms with van der Waals surface area (Å²) in [6.07, 6.45) is 1.90. The lowest BCUT2D eigenvalue weighted by atomic mass is 10.1. The van der Waals surface area contributed by atoms with Crippen molar-refractivity contribution in [2.24, 2.45) is 0 Å². The van der Waals surface area contributed by atoms with Crippen LogP contribution in [0.15, 0.2) is 29.2 Å². The second kappa shape index (κ2) is 8.60. The average molecular weight is 354 g/mol. The van der Waals surface area contributed by atoms with Crippen LogP contribution in [0.3, 0.4) is 0 Å². The Labute approximate surface area is 144 Å². The van der Waals surface area contributed by atoms with Gasteiger partial charge < -0.3 is 10.1 Å². The van der Waals surface area contributed by atoms with Crippen LogP contribution in [-0.4, -0.2) is 51.0 Å². The Balaban J connectivity index is 1.94. The molecule has 1 unspecified atom stereocenters. The maximum absolute atomic E-state index is 12.5. The van der Waals surface area contributed by atoms with Crippen molar-refractivity contribution in [3.05, 3.63) is 29.8 Å². The zero-order valence-electron chi connectivity index (χ0n) is 14.3. The highest BCUT2D eigenvalue weighted by Gasteiger charge is 2.26. The molecule has 1 aromatic rings. The van der Waals surface area contributed by atoms with Crippen molar-refractivity contribution in [2.45, 2.75) is 44.0 Å². The van der Waals surface area contributed by atoms with Crippen molar-refractivity contribution in [3.8, 4) is 0 Å². The third kappa shape index (κ3) is 5.03. The van der Waals surface area contributed by atoms with Gasteiger partial charge in [-0.1, -0.05) is 19.1 Å². The minimum atomic E-state index is -3.46. The van der Waals surface area contributed by atoms with Crippen LogP contribution in [0.1, 0.15) is 32.3 Å². The van der Waals surface area contributed by atoms with Gasteiger partial charge in [0.2, 0.25) is 15.9 Å². The molecular formula is C17H26N2O4S. The molecule has 0 aliphatic carbocycles. The van der Waals surface area contributed by atoms with E-state index in [9.17, 15) is 13.2 Å². The van der Waals surface area contributed by atoms with E-state index in [1.54, 1.807) is 24.3 Å². The van der Waals surface area contributed by atoms with E-state index in [1.165, 1.54) is 4.31 Å². The number of nitrogens with zero attached hydrogens (tertiary/aromatic N) is 1. The number of ether oxygens (including phenoxy) is 1. The Bertz CT molecular complexity index is 637. The Hall–Kier alpha value is -1.44. The van der Waals surface area contributed by atoms with Crippen molar-refractivity contribution in [2.75, 3.05) is 26.3 Å². The Morgan fingerprint density at radius 3 is 2.46 bits per heavy atom. The Kier molecular flexibility index (Phi) is 6.77. The number of benzene rings is 1. The number of amides is 1. The van der Waals surface area contributed by atoms with Crippen LogP contribution in [0.2, 0.25) is 0 Å². The first-order valence-corrected chi connectivity index (χ1v) is 9.83. The zero-order valence-corrected chi connectivity index (χ0v) is 15.1. The van der Waals surface area contributed by atoms with Crippen LogP contribution in [0.5, 0.6) is 0 Å². The highest BCUT2D eigenvalue weighted by molar-refractivity contribution is 7.89. The molecule has 1 amide bonds. The average Bonchev–Trinajstić information content (AvgIpc) is 2.61. The molecule has 0 saturated carbocycles. The highest BCUT2D eigenvalue weighted by Crippen LogP contribution is 2.18. The molecular weight excluding hydrogens is 328 g/mol. The fraction of sp³-hybridized carbons (Fsp3) is 0.588. The molecule has 0 radical (unpaired) electrons. The molecule has 134 valence electrons. The lowest BCUT2D eigenvalue weighted by Crippen LogP contribution is -2.40. The van der Waals surface area contributed by atoms with E-state index in [4.69, 9.17) is 4.74 Å². The van der Waals surface area contributed by atoms with E-state index in [2.05, 4.69) is 5.32 Å². The summed E-state index contributed by atoms with van der Waals surface area (Å²) in [5.74, 6) is 0.0226. The molecule has 6 nitrogen and oxygen atoms in total. The fourth-order valence-corrected chi connectivity index (χ4v) is 3.88. The molecule has 1 heterocycles. The fourth-order valence-electron chi connectivity index (χ4n) is 2.47. The molecule has 1 N–H and O–H groups in total. The van der Waals surface area contributed by atoms with Crippen LogP contribution in [0.4, 0.5) is 0 Å². The topological polar surface area (TPSA) is 75.7 Å². The van der Waals surface area contributed by atoms with Crippen molar-refractivity contribution < 1.29 is 17.9 Å².